The standard InChI is InChI=1S/C14H29N3/c1-16(2)14-7-11-17(12-8-14)10-4-3-9-15-13-5-6-13/h13-15H,3-12H2,1-2H3. The quantitative estimate of drug-likeness (QED) is 0.680. The van der Waals surface area contributed by atoms with E-state index in [0.29, 0.717) is 0 Å². The van der Waals surface area contributed by atoms with Crippen molar-refractivity contribution in [1.82, 2.24) is 15.1 Å². The molecule has 1 heterocycles. The highest BCUT2D eigenvalue weighted by atomic mass is 15.2. The van der Waals surface area contributed by atoms with Gasteiger partial charge in [-0.05, 0) is 78.8 Å². The van der Waals surface area contributed by atoms with Crippen molar-refractivity contribution < 1.29 is 0 Å². The average Bonchev–Trinajstić information content (AvgIpc) is 3.13. The summed E-state index contributed by atoms with van der Waals surface area (Å²) in [6, 6.07) is 1.70. The molecule has 1 N–H and O–H groups in total. The van der Waals surface area contributed by atoms with Crippen LogP contribution in [0.4, 0.5) is 0 Å². The first-order chi connectivity index (χ1) is 8.25. The SMILES string of the molecule is CN(C)C1CCN(CCCCNC2CC2)CC1. The minimum Gasteiger partial charge on any atom is -0.314 e. The van der Waals surface area contributed by atoms with Gasteiger partial charge in [-0.25, -0.2) is 0 Å². The first kappa shape index (κ1) is 13.3. The van der Waals surface area contributed by atoms with E-state index < -0.39 is 0 Å². The lowest BCUT2D eigenvalue weighted by molar-refractivity contribution is 0.143. The lowest BCUT2D eigenvalue weighted by Gasteiger charge is -2.35. The molecule has 17 heavy (non-hydrogen) atoms. The molecule has 0 bridgehead atoms. The summed E-state index contributed by atoms with van der Waals surface area (Å²) < 4.78 is 0. The van der Waals surface area contributed by atoms with Gasteiger partial charge in [0.15, 0.2) is 0 Å². The maximum absolute atomic E-state index is 3.59. The second-order valence-electron chi connectivity index (χ2n) is 5.97. The number of piperidine rings is 1. The van der Waals surface area contributed by atoms with E-state index in [4.69, 9.17) is 0 Å². The minimum absolute atomic E-state index is 0.822. The van der Waals surface area contributed by atoms with Crippen LogP contribution in [0.1, 0.15) is 38.5 Å². The number of nitrogens with zero attached hydrogens (tertiary/aromatic N) is 2. The molecule has 1 aliphatic carbocycles. The van der Waals surface area contributed by atoms with Gasteiger partial charge in [-0.2, -0.15) is 0 Å². The van der Waals surface area contributed by atoms with Gasteiger partial charge in [-0.1, -0.05) is 0 Å². The summed E-state index contributed by atoms with van der Waals surface area (Å²) in [5.41, 5.74) is 0. The molecule has 2 fully saturated rings. The maximum Gasteiger partial charge on any atom is 0.0113 e. The molecule has 0 aromatic heterocycles. The summed E-state index contributed by atoms with van der Waals surface area (Å²) in [6.45, 7) is 5.16. The fourth-order valence-corrected chi connectivity index (χ4v) is 2.71. The first-order valence-corrected chi connectivity index (χ1v) is 7.38. The van der Waals surface area contributed by atoms with Crippen LogP contribution >= 0.6 is 0 Å². The van der Waals surface area contributed by atoms with E-state index in [-0.39, 0.29) is 0 Å². The zero-order valence-corrected chi connectivity index (χ0v) is 11.6. The summed E-state index contributed by atoms with van der Waals surface area (Å²) in [7, 11) is 4.42. The van der Waals surface area contributed by atoms with Crippen molar-refractivity contribution in [3.63, 3.8) is 0 Å². The summed E-state index contributed by atoms with van der Waals surface area (Å²) in [6.07, 6.45) is 8.26. The number of likely N-dealkylation sites (tertiary alicyclic amines) is 1. The fraction of sp³-hybridized carbons (Fsp3) is 1.00. The van der Waals surface area contributed by atoms with Gasteiger partial charge in [-0.15, -0.1) is 0 Å². The summed E-state index contributed by atoms with van der Waals surface area (Å²) in [5, 5.41) is 3.59. The molecule has 1 saturated heterocycles. The summed E-state index contributed by atoms with van der Waals surface area (Å²) in [4.78, 5) is 5.04. The molecule has 0 unspecified atom stereocenters. The van der Waals surface area contributed by atoms with Crippen molar-refractivity contribution in [2.45, 2.75) is 50.6 Å². The molecule has 0 radical (unpaired) electrons. The highest BCUT2D eigenvalue weighted by Crippen LogP contribution is 2.18. The maximum atomic E-state index is 3.59. The van der Waals surface area contributed by atoms with Crippen molar-refractivity contribution >= 4 is 0 Å². The van der Waals surface area contributed by atoms with E-state index in [1.807, 2.05) is 0 Å². The number of hydrogen-bond donors (Lipinski definition) is 1. The van der Waals surface area contributed by atoms with Crippen LogP contribution in [0.15, 0.2) is 0 Å². The Morgan fingerprint density at radius 3 is 2.35 bits per heavy atom. The second kappa shape index (κ2) is 6.72. The number of unbranched alkanes of at least 4 members (excludes halogenated alkanes) is 1. The largest absolute Gasteiger partial charge is 0.314 e. The van der Waals surface area contributed by atoms with Gasteiger partial charge in [-0.3, -0.25) is 0 Å². The average molecular weight is 239 g/mol. The Morgan fingerprint density at radius 2 is 1.76 bits per heavy atom. The topological polar surface area (TPSA) is 18.5 Å². The van der Waals surface area contributed by atoms with Crippen molar-refractivity contribution in [3.8, 4) is 0 Å². The molecule has 0 aromatic carbocycles. The van der Waals surface area contributed by atoms with Crippen LogP contribution in [-0.2, 0) is 0 Å². The third-order valence-electron chi connectivity index (χ3n) is 4.20. The van der Waals surface area contributed by atoms with Crippen LogP contribution in [0.25, 0.3) is 0 Å². The lowest BCUT2D eigenvalue weighted by Crippen LogP contribution is -2.42. The van der Waals surface area contributed by atoms with Gasteiger partial charge in [0.05, 0.1) is 0 Å². The van der Waals surface area contributed by atoms with Gasteiger partial charge in [0.2, 0.25) is 0 Å². The Kier molecular flexibility index (Phi) is 5.26. The summed E-state index contributed by atoms with van der Waals surface area (Å²) >= 11 is 0. The van der Waals surface area contributed by atoms with Crippen LogP contribution in [0.5, 0.6) is 0 Å². The molecule has 2 aliphatic rings. The molecule has 0 amide bonds. The predicted octanol–water partition coefficient (Wildman–Crippen LogP) is 1.54. The number of rotatable bonds is 7. The summed E-state index contributed by atoms with van der Waals surface area (Å²) in [5.74, 6) is 0. The monoisotopic (exact) mass is 239 g/mol. The van der Waals surface area contributed by atoms with E-state index in [1.54, 1.807) is 0 Å². The van der Waals surface area contributed by atoms with Crippen LogP contribution in [0, 0.1) is 0 Å². The van der Waals surface area contributed by atoms with E-state index in [0.717, 1.165) is 12.1 Å². The Morgan fingerprint density at radius 1 is 1.06 bits per heavy atom. The molecule has 0 atom stereocenters. The normalized spacial score (nSPS) is 23.5. The predicted molar refractivity (Wildman–Crippen MR) is 73.4 cm³/mol. The van der Waals surface area contributed by atoms with E-state index in [9.17, 15) is 0 Å². The van der Waals surface area contributed by atoms with E-state index in [2.05, 4.69) is 29.2 Å². The van der Waals surface area contributed by atoms with E-state index >= 15 is 0 Å². The second-order valence-corrected chi connectivity index (χ2v) is 5.97. The van der Waals surface area contributed by atoms with Crippen molar-refractivity contribution in [3.05, 3.63) is 0 Å². The molecule has 0 aromatic rings. The number of nitrogens with one attached hydrogen (secondary N) is 1. The molecular weight excluding hydrogens is 210 g/mol. The van der Waals surface area contributed by atoms with Gasteiger partial charge in [0, 0.05) is 12.1 Å². The van der Waals surface area contributed by atoms with Gasteiger partial charge in [0.25, 0.3) is 0 Å². The first-order valence-electron chi connectivity index (χ1n) is 7.38. The van der Waals surface area contributed by atoms with Gasteiger partial charge < -0.3 is 15.1 Å². The molecule has 3 heteroatoms. The fourth-order valence-electron chi connectivity index (χ4n) is 2.71. The number of hydrogen-bond acceptors (Lipinski definition) is 3. The Balaban J connectivity index is 1.46. The Hall–Kier alpha value is -0.120. The Labute approximate surface area is 107 Å². The van der Waals surface area contributed by atoms with Crippen LogP contribution in [-0.4, -0.2) is 62.2 Å². The molecule has 1 aliphatic heterocycles. The highest BCUT2D eigenvalue weighted by Gasteiger charge is 2.21. The van der Waals surface area contributed by atoms with Crippen LogP contribution < -0.4 is 5.32 Å². The third kappa shape index (κ3) is 4.94. The van der Waals surface area contributed by atoms with Crippen molar-refractivity contribution in [1.29, 1.82) is 0 Å². The van der Waals surface area contributed by atoms with Crippen molar-refractivity contribution in [2.75, 3.05) is 40.3 Å². The Bertz CT molecular complexity index is 206. The van der Waals surface area contributed by atoms with Crippen LogP contribution in [0.3, 0.4) is 0 Å². The van der Waals surface area contributed by atoms with Gasteiger partial charge in [0.1, 0.15) is 0 Å². The van der Waals surface area contributed by atoms with E-state index in [1.165, 1.54) is 64.7 Å². The smallest absolute Gasteiger partial charge is 0.0113 e. The highest BCUT2D eigenvalue weighted by molar-refractivity contribution is 4.80. The molecule has 0 spiro atoms. The molecule has 3 nitrogen and oxygen atoms in total. The third-order valence-corrected chi connectivity index (χ3v) is 4.20. The zero-order valence-electron chi connectivity index (χ0n) is 11.6. The van der Waals surface area contributed by atoms with Crippen molar-refractivity contribution in [2.24, 2.45) is 0 Å². The molecule has 100 valence electrons. The zero-order chi connectivity index (χ0) is 12.1. The lowest BCUT2D eigenvalue weighted by atomic mass is 10.0. The van der Waals surface area contributed by atoms with Crippen LogP contribution in [0.2, 0.25) is 0 Å². The molecular formula is C14H29N3. The van der Waals surface area contributed by atoms with Gasteiger partial charge >= 0.3 is 0 Å². The molecule has 2 rings (SSSR count). The minimum atomic E-state index is 0.822. The molecule has 1 saturated carbocycles.